The van der Waals surface area contributed by atoms with E-state index in [2.05, 4.69) is 144 Å². The van der Waals surface area contributed by atoms with Crippen LogP contribution in [0.15, 0.2) is 133 Å². The molecule has 47 heavy (non-hydrogen) atoms. The molecule has 5 aromatic rings. The van der Waals surface area contributed by atoms with Gasteiger partial charge in [0.2, 0.25) is 0 Å². The van der Waals surface area contributed by atoms with Crippen molar-refractivity contribution in [2.24, 2.45) is 0 Å². The van der Waals surface area contributed by atoms with Gasteiger partial charge in [-0.25, -0.2) is 0 Å². The zero-order valence-corrected chi connectivity index (χ0v) is 31.1. The van der Waals surface area contributed by atoms with Crippen molar-refractivity contribution in [2.45, 2.75) is 79.6 Å². The summed E-state index contributed by atoms with van der Waals surface area (Å²) in [5, 5.41) is 4.37. The molecule has 0 aliphatic rings. The predicted molar refractivity (Wildman–Crippen MR) is 208 cm³/mol. The van der Waals surface area contributed by atoms with Crippen LogP contribution < -0.4 is 25.7 Å². The summed E-state index contributed by atoms with van der Waals surface area (Å²) in [5.41, 5.74) is 13.1. The number of hydrogen-bond acceptors (Lipinski definition) is 2. The van der Waals surface area contributed by atoms with E-state index in [4.69, 9.17) is 5.73 Å². The topological polar surface area (TPSA) is 30.3 Å². The zero-order valence-electron chi connectivity index (χ0n) is 29.2. The van der Waals surface area contributed by atoms with Crippen LogP contribution in [0.4, 0.5) is 17.1 Å². The van der Waals surface area contributed by atoms with E-state index in [1.54, 1.807) is 0 Å². The number of rotatable bonds is 10. The molecule has 0 aromatic heterocycles. The minimum atomic E-state index is -1.24. The molecule has 1 radical (unpaired) electrons. The van der Waals surface area contributed by atoms with E-state index in [-0.39, 0.29) is 17.1 Å². The molecule has 0 aliphatic heterocycles. The van der Waals surface area contributed by atoms with Gasteiger partial charge in [0.05, 0.1) is 11.4 Å². The van der Waals surface area contributed by atoms with Crippen LogP contribution >= 0.6 is 7.92 Å². The second kappa shape index (κ2) is 18.1. The van der Waals surface area contributed by atoms with Crippen molar-refractivity contribution in [3.05, 3.63) is 139 Å². The Labute approximate surface area is 296 Å². The molecule has 0 saturated carbocycles. The molecule has 5 heteroatoms. The van der Waals surface area contributed by atoms with Crippen molar-refractivity contribution in [2.75, 3.05) is 9.80 Å². The Morgan fingerprint density at radius 1 is 0.447 bits per heavy atom. The van der Waals surface area contributed by atoms with Crippen molar-refractivity contribution in [1.82, 2.24) is 0 Å². The summed E-state index contributed by atoms with van der Waals surface area (Å²) in [6.45, 7) is 18.4. The molecule has 0 fully saturated rings. The Hall–Kier alpha value is -3.55. The molecule has 0 spiro atoms. The summed E-state index contributed by atoms with van der Waals surface area (Å²) in [6, 6.07) is 48.8. The van der Waals surface area contributed by atoms with Crippen LogP contribution in [0.1, 0.15) is 55.4 Å². The summed E-state index contributed by atoms with van der Waals surface area (Å²) in [5.74, 6) is 0. The summed E-state index contributed by atoms with van der Waals surface area (Å²) in [7, 11) is -1.24. The molecule has 0 amide bonds. The fourth-order valence-electron chi connectivity index (χ4n) is 6.54. The maximum atomic E-state index is 7.71. The Balaban J connectivity index is 0.000000357. The van der Waals surface area contributed by atoms with E-state index < -0.39 is 7.92 Å². The van der Waals surface area contributed by atoms with Gasteiger partial charge in [-0.05, 0) is 103 Å². The van der Waals surface area contributed by atoms with E-state index in [0.29, 0.717) is 29.9 Å². The van der Waals surface area contributed by atoms with E-state index in [0.717, 1.165) is 11.1 Å². The van der Waals surface area contributed by atoms with Gasteiger partial charge in [0.1, 0.15) is 23.8 Å². The number of benzene rings is 5. The van der Waals surface area contributed by atoms with Gasteiger partial charge >= 0.3 is 0 Å². The first-order valence-corrected chi connectivity index (χ1v) is 18.2. The summed E-state index contributed by atoms with van der Waals surface area (Å²) < 4.78 is 0. The van der Waals surface area contributed by atoms with E-state index in [1.807, 2.05) is 54.6 Å². The molecule has 0 atom stereocenters. The van der Waals surface area contributed by atoms with E-state index in [1.165, 1.54) is 27.3 Å². The monoisotopic (exact) mass is 692 g/mol. The Kier molecular flexibility index (Phi) is 14.6. The van der Waals surface area contributed by atoms with Crippen LogP contribution in [0.5, 0.6) is 0 Å². The smallest absolute Gasteiger partial charge is 0.125 e. The molecule has 0 saturated heterocycles. The average Bonchev–Trinajstić information content (AvgIpc) is 3.04. The van der Waals surface area contributed by atoms with Gasteiger partial charge in [-0.1, -0.05) is 97.1 Å². The van der Waals surface area contributed by atoms with Crippen LogP contribution in [0.25, 0.3) is 16.9 Å². The van der Waals surface area contributed by atoms with Crippen molar-refractivity contribution >= 4 is 40.9 Å². The van der Waals surface area contributed by atoms with Crippen LogP contribution in [0.2, 0.25) is 0 Å². The van der Waals surface area contributed by atoms with Crippen molar-refractivity contribution in [3.8, 4) is 11.1 Å². The van der Waals surface area contributed by atoms with Crippen molar-refractivity contribution in [1.29, 1.82) is 0 Å². The fourth-order valence-corrected chi connectivity index (χ4v) is 9.44. The van der Waals surface area contributed by atoms with Gasteiger partial charge in [-0.3, -0.25) is 0 Å². The van der Waals surface area contributed by atoms with Crippen LogP contribution in [0, 0.1) is 0 Å². The summed E-state index contributed by atoms with van der Waals surface area (Å²) in [4.78, 5) is 5.16. The minimum absolute atomic E-state index is 0. The number of hydrogen-bond donors (Lipinski definition) is 0. The Morgan fingerprint density at radius 2 is 0.809 bits per heavy atom. The first-order chi connectivity index (χ1) is 22.1. The maximum absolute atomic E-state index is 7.71. The predicted octanol–water partition coefficient (Wildman–Crippen LogP) is 10.5. The van der Waals surface area contributed by atoms with Crippen molar-refractivity contribution in [3.63, 3.8) is 0 Å². The molecule has 5 aromatic carbocycles. The standard InChI is InChI=1S/C30H41N2P.C12H10N.Cu/c1-22(2)31(23(3)4)27-18-12-14-20-29(27)33(26-16-10-9-11-17-26)30-21-15-13-19-28(30)32(24(5)6)25(7)8;13-12-9-5-4-8-11(12)10-6-2-1-3-7-10;/h9-25H,1-8H3;1-9,13H;/q;-1;/p+1. The normalized spacial score (nSPS) is 11.0. The molecule has 5 rings (SSSR count). The van der Waals surface area contributed by atoms with Crippen LogP contribution in [0.3, 0.4) is 0 Å². The van der Waals surface area contributed by atoms with Gasteiger partial charge in [-0.2, -0.15) is 0 Å². The largest absolute Gasteiger partial charge is 0.698 e. The van der Waals surface area contributed by atoms with E-state index in [9.17, 15) is 0 Å². The van der Waals surface area contributed by atoms with Gasteiger partial charge in [0.25, 0.3) is 0 Å². The molecule has 0 heterocycles. The molecule has 251 valence electrons. The number of nitrogens with one attached hydrogen (secondary N) is 1. The molecule has 1 N–H and O–H groups in total. The number of para-hydroxylation sites is 2. The molecule has 0 unspecified atom stereocenters. The molecule has 0 bridgehead atoms. The summed E-state index contributed by atoms with van der Waals surface area (Å²) >= 11 is 0. The quantitative estimate of drug-likeness (QED) is 0.108. The minimum Gasteiger partial charge on any atom is -0.698 e. The molecule has 3 nitrogen and oxygen atoms in total. The average molecular weight is 693 g/mol. The third kappa shape index (κ3) is 9.51. The Morgan fingerprint density at radius 3 is 1.23 bits per heavy atom. The van der Waals surface area contributed by atoms with Gasteiger partial charge in [0, 0.05) is 41.2 Å². The van der Waals surface area contributed by atoms with E-state index >= 15 is 0 Å². The zero-order chi connectivity index (χ0) is 33.2. The molecule has 0 aliphatic carbocycles. The van der Waals surface area contributed by atoms with Crippen LogP contribution in [-0.2, 0) is 17.1 Å². The number of anilines is 2. The van der Waals surface area contributed by atoms with Gasteiger partial charge in [-0.15, -0.1) is 5.69 Å². The third-order valence-corrected chi connectivity index (χ3v) is 11.0. The maximum Gasteiger partial charge on any atom is 0.125 e. The van der Waals surface area contributed by atoms with Crippen molar-refractivity contribution < 1.29 is 17.1 Å². The van der Waals surface area contributed by atoms with Gasteiger partial charge in [0.15, 0.2) is 0 Å². The fraction of sp³-hybridized carbons (Fsp3) is 0.286. The second-order valence-electron chi connectivity index (χ2n) is 12.9. The SMILES string of the molecule is CC(C)N(c1ccccc1[PH+](c1ccccc1)c1ccccc1N(C(C)C)C(C)C)C(C)C.[Cu].[NH-]c1ccccc1-c1ccccc1. The molecular formula is C42H52CuN3P. The first kappa shape index (κ1) is 37.9. The summed E-state index contributed by atoms with van der Waals surface area (Å²) in [6.07, 6.45) is 0. The first-order valence-electron chi connectivity index (χ1n) is 16.7. The second-order valence-corrected chi connectivity index (χ2v) is 15.3. The Bertz CT molecular complexity index is 1560. The third-order valence-electron chi connectivity index (χ3n) is 8.20. The van der Waals surface area contributed by atoms with Gasteiger partial charge < -0.3 is 15.5 Å². The number of nitrogens with zero attached hydrogens (tertiary/aromatic N) is 2. The van der Waals surface area contributed by atoms with Crippen LogP contribution in [-0.4, -0.2) is 24.2 Å². The molecular weight excluding hydrogens is 641 g/mol.